The highest BCUT2D eigenvalue weighted by molar-refractivity contribution is 5.20. The van der Waals surface area contributed by atoms with Crippen LogP contribution in [-0.2, 0) is 6.54 Å². The molecule has 4 nitrogen and oxygen atoms in total. The maximum Gasteiger partial charge on any atom is 0.133 e. The van der Waals surface area contributed by atoms with Crippen LogP contribution in [0.2, 0.25) is 0 Å². The molecule has 5 heteroatoms. The monoisotopic (exact) mass is 264 g/mol. The zero-order chi connectivity index (χ0) is 13.8. The minimum atomic E-state index is -0.862. The number of rotatable bonds is 5. The Hall–Kier alpha value is -1.72. The summed E-state index contributed by atoms with van der Waals surface area (Å²) in [6, 6.07) is 8.09. The number of benzene rings is 1. The largest absolute Gasteiger partial charge is 0.387 e. The smallest absolute Gasteiger partial charge is 0.133 e. The standard InChI is InChI=1S/C14H17FN2O2/c1-10-7-11(16-19-10)8-17(2)9-14(18)12-5-3-4-6-13(12)15/h3-7,14,18H,8-9H2,1-2H3. The van der Waals surface area contributed by atoms with Crippen molar-refractivity contribution in [1.29, 1.82) is 0 Å². The minimum absolute atomic E-state index is 0.311. The number of aromatic nitrogens is 1. The van der Waals surface area contributed by atoms with Crippen LogP contribution in [0.15, 0.2) is 34.9 Å². The molecule has 0 aliphatic rings. The lowest BCUT2D eigenvalue weighted by Gasteiger charge is -2.19. The average Bonchev–Trinajstić information content (AvgIpc) is 2.74. The molecule has 0 saturated heterocycles. The molecule has 1 aromatic carbocycles. The molecule has 2 rings (SSSR count). The topological polar surface area (TPSA) is 49.5 Å². The Kier molecular flexibility index (Phi) is 4.29. The lowest BCUT2D eigenvalue weighted by atomic mass is 10.1. The van der Waals surface area contributed by atoms with E-state index in [0.717, 1.165) is 11.5 Å². The number of aliphatic hydroxyl groups excluding tert-OH is 1. The number of aliphatic hydroxyl groups is 1. The van der Waals surface area contributed by atoms with Crippen LogP contribution in [0.25, 0.3) is 0 Å². The molecule has 0 aliphatic heterocycles. The van der Waals surface area contributed by atoms with E-state index in [2.05, 4.69) is 5.16 Å². The van der Waals surface area contributed by atoms with Gasteiger partial charge in [-0.15, -0.1) is 0 Å². The van der Waals surface area contributed by atoms with Gasteiger partial charge in [0.1, 0.15) is 11.6 Å². The summed E-state index contributed by atoms with van der Waals surface area (Å²) < 4.78 is 18.5. The summed E-state index contributed by atoms with van der Waals surface area (Å²) in [6.45, 7) is 2.69. The Morgan fingerprint density at radius 2 is 2.16 bits per heavy atom. The van der Waals surface area contributed by atoms with Gasteiger partial charge in [0.2, 0.25) is 0 Å². The van der Waals surface area contributed by atoms with Crippen molar-refractivity contribution in [3.8, 4) is 0 Å². The molecule has 1 N–H and O–H groups in total. The first-order chi connectivity index (χ1) is 9.06. The van der Waals surface area contributed by atoms with Crippen LogP contribution in [0.3, 0.4) is 0 Å². The van der Waals surface area contributed by atoms with Crippen LogP contribution >= 0.6 is 0 Å². The van der Waals surface area contributed by atoms with E-state index in [1.54, 1.807) is 18.2 Å². The van der Waals surface area contributed by atoms with Crippen molar-refractivity contribution >= 4 is 0 Å². The first kappa shape index (κ1) is 13.7. The first-order valence-corrected chi connectivity index (χ1v) is 6.09. The average molecular weight is 264 g/mol. The fraction of sp³-hybridized carbons (Fsp3) is 0.357. The molecule has 1 heterocycles. The van der Waals surface area contributed by atoms with Crippen molar-refractivity contribution in [3.05, 3.63) is 53.2 Å². The van der Waals surface area contributed by atoms with E-state index < -0.39 is 6.10 Å². The predicted octanol–water partition coefficient (Wildman–Crippen LogP) is 2.29. The van der Waals surface area contributed by atoms with Gasteiger partial charge in [0.05, 0.1) is 11.8 Å². The molecule has 1 unspecified atom stereocenters. The number of likely N-dealkylation sites (N-methyl/N-ethyl adjacent to an activating group) is 1. The SMILES string of the molecule is Cc1cc(CN(C)CC(O)c2ccccc2F)no1. The van der Waals surface area contributed by atoms with Gasteiger partial charge < -0.3 is 9.63 Å². The van der Waals surface area contributed by atoms with Crippen molar-refractivity contribution in [3.63, 3.8) is 0 Å². The van der Waals surface area contributed by atoms with Crippen LogP contribution in [0.4, 0.5) is 4.39 Å². The van der Waals surface area contributed by atoms with E-state index in [0.29, 0.717) is 18.7 Å². The number of aryl methyl sites for hydroxylation is 1. The maximum absolute atomic E-state index is 13.5. The van der Waals surface area contributed by atoms with Crippen LogP contribution < -0.4 is 0 Å². The fourth-order valence-corrected chi connectivity index (χ4v) is 1.97. The number of hydrogen-bond donors (Lipinski definition) is 1. The van der Waals surface area contributed by atoms with E-state index >= 15 is 0 Å². The van der Waals surface area contributed by atoms with Crippen LogP contribution in [0.5, 0.6) is 0 Å². The zero-order valence-electron chi connectivity index (χ0n) is 11.0. The van der Waals surface area contributed by atoms with Crippen molar-refractivity contribution in [2.75, 3.05) is 13.6 Å². The van der Waals surface area contributed by atoms with Gasteiger partial charge in [-0.3, -0.25) is 4.90 Å². The number of nitrogens with zero attached hydrogens (tertiary/aromatic N) is 2. The highest BCUT2D eigenvalue weighted by Gasteiger charge is 2.15. The third kappa shape index (κ3) is 3.62. The summed E-state index contributed by atoms with van der Waals surface area (Å²) >= 11 is 0. The Morgan fingerprint density at radius 3 is 2.79 bits per heavy atom. The highest BCUT2D eigenvalue weighted by Crippen LogP contribution is 2.18. The summed E-state index contributed by atoms with van der Waals surface area (Å²) in [7, 11) is 1.84. The molecule has 102 valence electrons. The number of halogens is 1. The van der Waals surface area contributed by atoms with Crippen molar-refractivity contribution in [2.45, 2.75) is 19.6 Å². The maximum atomic E-state index is 13.5. The van der Waals surface area contributed by atoms with Crippen LogP contribution in [0, 0.1) is 12.7 Å². The Morgan fingerprint density at radius 1 is 1.42 bits per heavy atom. The van der Waals surface area contributed by atoms with Gasteiger partial charge >= 0.3 is 0 Å². The second-order valence-electron chi connectivity index (χ2n) is 4.66. The molecule has 1 atom stereocenters. The summed E-state index contributed by atoms with van der Waals surface area (Å²) in [5.41, 5.74) is 1.10. The lowest BCUT2D eigenvalue weighted by Crippen LogP contribution is -2.24. The van der Waals surface area contributed by atoms with Gasteiger partial charge in [0.25, 0.3) is 0 Å². The normalized spacial score (nSPS) is 12.9. The molecule has 0 saturated carbocycles. The van der Waals surface area contributed by atoms with E-state index in [1.807, 2.05) is 24.9 Å². The third-order valence-electron chi connectivity index (χ3n) is 2.86. The predicted molar refractivity (Wildman–Crippen MR) is 68.9 cm³/mol. The van der Waals surface area contributed by atoms with Gasteiger partial charge in [0.15, 0.2) is 0 Å². The van der Waals surface area contributed by atoms with Crippen molar-refractivity contribution in [2.24, 2.45) is 0 Å². The molecule has 0 bridgehead atoms. The first-order valence-electron chi connectivity index (χ1n) is 6.09. The lowest BCUT2D eigenvalue weighted by molar-refractivity contribution is 0.119. The summed E-state index contributed by atoms with van der Waals surface area (Å²) in [5, 5.41) is 13.9. The molecule has 1 aromatic heterocycles. The number of hydrogen-bond acceptors (Lipinski definition) is 4. The summed E-state index contributed by atoms with van der Waals surface area (Å²) in [5.74, 6) is 0.360. The molecule has 0 spiro atoms. The Balaban J connectivity index is 1.95. The minimum Gasteiger partial charge on any atom is -0.387 e. The van der Waals surface area contributed by atoms with Gasteiger partial charge in [-0.2, -0.15) is 0 Å². The van der Waals surface area contributed by atoms with Crippen LogP contribution in [0.1, 0.15) is 23.1 Å². The third-order valence-corrected chi connectivity index (χ3v) is 2.86. The molecular weight excluding hydrogens is 247 g/mol. The highest BCUT2D eigenvalue weighted by atomic mass is 19.1. The fourth-order valence-electron chi connectivity index (χ4n) is 1.97. The Labute approximate surface area is 111 Å². The summed E-state index contributed by atoms with van der Waals surface area (Å²) in [4.78, 5) is 1.87. The molecule has 0 radical (unpaired) electrons. The second kappa shape index (κ2) is 5.95. The van der Waals surface area contributed by atoms with Crippen molar-refractivity contribution in [1.82, 2.24) is 10.1 Å². The summed E-state index contributed by atoms with van der Waals surface area (Å²) in [6.07, 6.45) is -0.862. The molecule has 0 fully saturated rings. The van der Waals surface area contributed by atoms with Crippen molar-refractivity contribution < 1.29 is 14.0 Å². The molecule has 2 aromatic rings. The van der Waals surface area contributed by atoms with E-state index in [4.69, 9.17) is 4.52 Å². The quantitative estimate of drug-likeness (QED) is 0.900. The second-order valence-corrected chi connectivity index (χ2v) is 4.66. The Bertz CT molecular complexity index is 542. The van der Waals surface area contributed by atoms with Gasteiger partial charge in [-0.25, -0.2) is 4.39 Å². The zero-order valence-corrected chi connectivity index (χ0v) is 11.0. The van der Waals surface area contributed by atoms with Gasteiger partial charge in [0, 0.05) is 24.7 Å². The van der Waals surface area contributed by atoms with E-state index in [-0.39, 0.29) is 5.82 Å². The van der Waals surface area contributed by atoms with Gasteiger partial charge in [-0.05, 0) is 20.0 Å². The molecule has 19 heavy (non-hydrogen) atoms. The van der Waals surface area contributed by atoms with E-state index in [9.17, 15) is 9.50 Å². The molecule has 0 aliphatic carbocycles. The molecule has 0 amide bonds. The van der Waals surface area contributed by atoms with Gasteiger partial charge in [-0.1, -0.05) is 23.4 Å². The van der Waals surface area contributed by atoms with E-state index in [1.165, 1.54) is 6.07 Å². The molecular formula is C14H17FN2O2. The van der Waals surface area contributed by atoms with Crippen LogP contribution in [-0.4, -0.2) is 28.8 Å².